The van der Waals surface area contributed by atoms with Crippen LogP contribution in [0.2, 0.25) is 10.0 Å². The van der Waals surface area contributed by atoms with Gasteiger partial charge in [-0.3, -0.25) is 4.90 Å². The van der Waals surface area contributed by atoms with Gasteiger partial charge in [-0.25, -0.2) is 0 Å². The van der Waals surface area contributed by atoms with Gasteiger partial charge in [0.25, 0.3) is 0 Å². The summed E-state index contributed by atoms with van der Waals surface area (Å²) in [5.74, 6) is 0. The zero-order valence-corrected chi connectivity index (χ0v) is 17.7. The zero-order chi connectivity index (χ0) is 20.5. The summed E-state index contributed by atoms with van der Waals surface area (Å²) in [6.07, 6.45) is 0. The monoisotopic (exact) mass is 423 g/mol. The Bertz CT molecular complexity index is 931. The molecule has 3 nitrogen and oxygen atoms in total. The Morgan fingerprint density at radius 3 is 1.93 bits per heavy atom. The summed E-state index contributed by atoms with van der Waals surface area (Å²) in [5, 5.41) is 10.4. The Morgan fingerprint density at radius 2 is 1.41 bits per heavy atom. The summed E-state index contributed by atoms with van der Waals surface area (Å²) in [5.41, 5.74) is 2.99. The summed E-state index contributed by atoms with van der Waals surface area (Å²) in [4.78, 5) is 4.76. The summed E-state index contributed by atoms with van der Waals surface area (Å²) >= 11 is 11.8. The van der Waals surface area contributed by atoms with Crippen LogP contribution in [0.1, 0.15) is 11.1 Å². The van der Waals surface area contributed by atoms with E-state index in [0.29, 0.717) is 10.6 Å². The quantitative estimate of drug-likeness (QED) is 0.527. The molecule has 5 heteroatoms. The van der Waals surface area contributed by atoms with Crippen LogP contribution in [-0.4, -0.2) is 31.1 Å². The van der Waals surface area contributed by atoms with Crippen molar-refractivity contribution in [2.24, 2.45) is 0 Å². The van der Waals surface area contributed by atoms with Crippen LogP contribution in [0.5, 0.6) is 0 Å². The van der Waals surface area contributed by atoms with Crippen molar-refractivity contribution >= 4 is 28.9 Å². The van der Waals surface area contributed by atoms with Crippen molar-refractivity contribution in [1.29, 1.82) is 5.26 Å². The maximum absolute atomic E-state index is 8.91. The number of piperazine rings is 1. The number of hydrogen-bond acceptors (Lipinski definition) is 3. The van der Waals surface area contributed by atoms with Gasteiger partial charge < -0.3 is 4.90 Å². The van der Waals surface area contributed by atoms with Crippen molar-refractivity contribution < 1.29 is 0 Å². The summed E-state index contributed by atoms with van der Waals surface area (Å²) in [6.45, 7) is 4.95. The Hall–Kier alpha value is -2.51. The number of benzene rings is 3. The molecule has 148 valence electrons. The van der Waals surface area contributed by atoms with E-state index in [2.05, 4.69) is 40.1 Å². The van der Waals surface area contributed by atoms with Gasteiger partial charge in [0.05, 0.1) is 22.3 Å². The van der Waals surface area contributed by atoms with E-state index >= 15 is 0 Å². The Kier molecular flexibility index (Phi) is 7.95. The fourth-order valence-electron chi connectivity index (χ4n) is 3.24. The first-order chi connectivity index (χ1) is 14.2. The molecule has 3 aromatic carbocycles. The predicted molar refractivity (Wildman–Crippen MR) is 122 cm³/mol. The molecule has 0 saturated carbocycles. The second-order valence-corrected chi connectivity index (χ2v) is 7.67. The fourth-order valence-corrected chi connectivity index (χ4v) is 3.68. The van der Waals surface area contributed by atoms with Crippen LogP contribution in [-0.2, 0) is 6.54 Å². The van der Waals surface area contributed by atoms with Gasteiger partial charge in [0.2, 0.25) is 0 Å². The zero-order valence-electron chi connectivity index (χ0n) is 16.1. The van der Waals surface area contributed by atoms with Crippen molar-refractivity contribution in [2.75, 3.05) is 31.1 Å². The lowest BCUT2D eigenvalue weighted by Crippen LogP contribution is -2.46. The number of anilines is 1. The van der Waals surface area contributed by atoms with E-state index in [0.717, 1.165) is 43.4 Å². The molecule has 0 atom stereocenters. The highest BCUT2D eigenvalue weighted by Gasteiger charge is 2.19. The third-order valence-corrected chi connectivity index (χ3v) is 5.33. The second kappa shape index (κ2) is 10.9. The lowest BCUT2D eigenvalue weighted by molar-refractivity contribution is 0.250. The van der Waals surface area contributed by atoms with E-state index in [1.165, 1.54) is 5.56 Å². The first-order valence-corrected chi connectivity index (χ1v) is 10.3. The molecule has 29 heavy (non-hydrogen) atoms. The average molecular weight is 424 g/mol. The van der Waals surface area contributed by atoms with Crippen molar-refractivity contribution in [3.63, 3.8) is 0 Å². The molecule has 1 aliphatic rings. The van der Waals surface area contributed by atoms with Crippen molar-refractivity contribution in [3.8, 4) is 6.07 Å². The summed E-state index contributed by atoms with van der Waals surface area (Å²) in [7, 11) is 0. The van der Waals surface area contributed by atoms with Crippen molar-refractivity contribution in [2.45, 2.75) is 6.54 Å². The highest BCUT2D eigenvalue weighted by Crippen LogP contribution is 2.27. The standard InChI is InChI=1S/C18H18ClN3.C6H5Cl/c19-17-12-16(13-20)6-7-18(17)22-10-8-21(9-11-22)14-15-4-2-1-3-5-15;7-6-4-2-1-3-5-6/h1-7,12H,8-11,14H2;1-5H. The van der Waals surface area contributed by atoms with E-state index in [1.54, 1.807) is 6.07 Å². The van der Waals surface area contributed by atoms with Gasteiger partial charge in [-0.1, -0.05) is 71.7 Å². The maximum atomic E-state index is 8.91. The molecular formula is C24H23Cl2N3. The molecule has 0 unspecified atom stereocenters. The average Bonchev–Trinajstić information content (AvgIpc) is 2.76. The fraction of sp³-hybridized carbons (Fsp3) is 0.208. The van der Waals surface area contributed by atoms with Gasteiger partial charge in [0.15, 0.2) is 0 Å². The normalized spacial score (nSPS) is 13.9. The van der Waals surface area contributed by atoms with E-state index in [1.807, 2.05) is 48.5 Å². The highest BCUT2D eigenvalue weighted by atomic mass is 35.5. The molecule has 1 aliphatic heterocycles. The molecule has 0 aromatic heterocycles. The minimum atomic E-state index is 0.608. The van der Waals surface area contributed by atoms with Crippen LogP contribution in [0, 0.1) is 11.3 Å². The van der Waals surface area contributed by atoms with Gasteiger partial charge in [-0.2, -0.15) is 5.26 Å². The largest absolute Gasteiger partial charge is 0.368 e. The molecule has 3 aromatic rings. The molecule has 0 bridgehead atoms. The van der Waals surface area contributed by atoms with Crippen LogP contribution in [0.4, 0.5) is 5.69 Å². The van der Waals surface area contributed by atoms with Gasteiger partial charge in [0.1, 0.15) is 0 Å². The Labute approximate surface area is 182 Å². The van der Waals surface area contributed by atoms with E-state index in [9.17, 15) is 0 Å². The number of rotatable bonds is 3. The smallest absolute Gasteiger partial charge is 0.0992 e. The van der Waals surface area contributed by atoms with Gasteiger partial charge in [-0.15, -0.1) is 0 Å². The molecule has 0 amide bonds. The first-order valence-electron chi connectivity index (χ1n) is 9.57. The Morgan fingerprint density at radius 1 is 0.793 bits per heavy atom. The molecule has 0 N–H and O–H groups in total. The second-order valence-electron chi connectivity index (χ2n) is 6.82. The minimum Gasteiger partial charge on any atom is -0.368 e. The SMILES string of the molecule is Clc1ccccc1.N#Cc1ccc(N2CCN(Cc3ccccc3)CC2)c(Cl)c1. The third-order valence-electron chi connectivity index (χ3n) is 4.77. The van der Waals surface area contributed by atoms with Crippen LogP contribution in [0.15, 0.2) is 78.9 Å². The molecule has 1 saturated heterocycles. The number of halogens is 2. The van der Waals surface area contributed by atoms with E-state index in [4.69, 9.17) is 28.5 Å². The molecule has 4 rings (SSSR count). The van der Waals surface area contributed by atoms with Gasteiger partial charge in [-0.05, 0) is 35.9 Å². The van der Waals surface area contributed by atoms with Crippen LogP contribution < -0.4 is 4.90 Å². The molecule has 0 aliphatic carbocycles. The van der Waals surface area contributed by atoms with E-state index < -0.39 is 0 Å². The number of nitrogens with zero attached hydrogens (tertiary/aromatic N) is 3. The molecule has 1 fully saturated rings. The van der Waals surface area contributed by atoms with Crippen LogP contribution in [0.25, 0.3) is 0 Å². The maximum Gasteiger partial charge on any atom is 0.0992 e. The number of hydrogen-bond donors (Lipinski definition) is 0. The van der Waals surface area contributed by atoms with E-state index in [-0.39, 0.29) is 0 Å². The summed E-state index contributed by atoms with van der Waals surface area (Å²) in [6, 6.07) is 27.7. The number of nitriles is 1. The first kappa shape index (κ1) is 21.2. The minimum absolute atomic E-state index is 0.608. The molecule has 0 spiro atoms. The molecule has 1 heterocycles. The third kappa shape index (κ3) is 6.51. The van der Waals surface area contributed by atoms with Crippen molar-refractivity contribution in [1.82, 2.24) is 4.90 Å². The highest BCUT2D eigenvalue weighted by molar-refractivity contribution is 6.33. The van der Waals surface area contributed by atoms with Crippen LogP contribution in [0.3, 0.4) is 0 Å². The summed E-state index contributed by atoms with van der Waals surface area (Å²) < 4.78 is 0. The van der Waals surface area contributed by atoms with Crippen molar-refractivity contribution in [3.05, 3.63) is 100 Å². The Balaban J connectivity index is 0.000000290. The van der Waals surface area contributed by atoms with Gasteiger partial charge in [0, 0.05) is 37.7 Å². The molecule has 0 radical (unpaired) electrons. The topological polar surface area (TPSA) is 30.3 Å². The predicted octanol–water partition coefficient (Wildman–Crippen LogP) is 5.87. The van der Waals surface area contributed by atoms with Crippen LogP contribution >= 0.6 is 23.2 Å². The lowest BCUT2D eigenvalue weighted by atomic mass is 10.1. The lowest BCUT2D eigenvalue weighted by Gasteiger charge is -2.36. The molecular weight excluding hydrogens is 401 g/mol. The van der Waals surface area contributed by atoms with Gasteiger partial charge >= 0.3 is 0 Å².